The van der Waals surface area contributed by atoms with Crippen molar-refractivity contribution in [2.75, 3.05) is 13.2 Å². The van der Waals surface area contributed by atoms with Crippen LogP contribution in [0.4, 0.5) is 8.78 Å². The van der Waals surface area contributed by atoms with Crippen molar-refractivity contribution in [3.05, 3.63) is 65.7 Å². The van der Waals surface area contributed by atoms with Gasteiger partial charge in [0, 0.05) is 6.54 Å². The van der Waals surface area contributed by atoms with Gasteiger partial charge in [-0.1, -0.05) is 12.1 Å². The van der Waals surface area contributed by atoms with Crippen molar-refractivity contribution < 1.29 is 18.3 Å². The lowest BCUT2D eigenvalue weighted by atomic mass is 10.1. The van der Waals surface area contributed by atoms with E-state index in [1.54, 1.807) is 24.3 Å². The van der Waals surface area contributed by atoms with Crippen LogP contribution in [0.15, 0.2) is 48.5 Å². The van der Waals surface area contributed by atoms with E-state index in [2.05, 4.69) is 5.32 Å². The average molecular weight is 305 g/mol. The summed E-state index contributed by atoms with van der Waals surface area (Å²) in [6.45, 7) is 0.920. The van der Waals surface area contributed by atoms with Gasteiger partial charge in [0.1, 0.15) is 17.4 Å². The third kappa shape index (κ3) is 5.52. The van der Waals surface area contributed by atoms with Gasteiger partial charge < -0.3 is 10.1 Å². The number of benzene rings is 2. The summed E-state index contributed by atoms with van der Waals surface area (Å²) in [5.41, 5.74) is 0.765. The van der Waals surface area contributed by atoms with Crippen LogP contribution in [0.5, 0.6) is 5.75 Å². The molecule has 0 aliphatic heterocycles. The summed E-state index contributed by atoms with van der Waals surface area (Å²) >= 11 is 0. The van der Waals surface area contributed by atoms with Gasteiger partial charge in [0.2, 0.25) is 5.91 Å². The molecule has 0 bridgehead atoms. The molecule has 2 aromatic carbocycles. The van der Waals surface area contributed by atoms with Crippen LogP contribution in [-0.4, -0.2) is 19.1 Å². The summed E-state index contributed by atoms with van der Waals surface area (Å²) in [6, 6.07) is 11.6. The average Bonchev–Trinajstić information content (AvgIpc) is 2.51. The zero-order valence-corrected chi connectivity index (χ0v) is 12.0. The predicted octanol–water partition coefficient (Wildman–Crippen LogP) is 3.09. The van der Waals surface area contributed by atoms with Crippen molar-refractivity contribution in [2.24, 2.45) is 0 Å². The molecule has 0 atom stereocenters. The molecule has 0 radical (unpaired) electrons. The number of hydrogen-bond acceptors (Lipinski definition) is 2. The van der Waals surface area contributed by atoms with Gasteiger partial charge in [0.15, 0.2) is 0 Å². The summed E-state index contributed by atoms with van der Waals surface area (Å²) in [5, 5.41) is 2.77. The second-order valence-corrected chi connectivity index (χ2v) is 4.81. The fraction of sp³-hybridized carbons (Fsp3) is 0.235. The Balaban J connectivity index is 1.61. The van der Waals surface area contributed by atoms with Gasteiger partial charge in [-0.15, -0.1) is 0 Å². The number of ether oxygens (including phenoxy) is 1. The molecule has 0 spiro atoms. The molecule has 0 heterocycles. The lowest BCUT2D eigenvalue weighted by Crippen LogP contribution is -2.27. The van der Waals surface area contributed by atoms with E-state index >= 15 is 0 Å². The first kappa shape index (κ1) is 15.9. The standard InChI is InChI=1S/C17H17F2NO2/c18-14-4-2-13(3-5-14)12-17(21)20-10-1-11-22-16-8-6-15(19)7-9-16/h2-9H,1,10-12H2,(H,20,21). The Kier molecular flexibility index (Phi) is 5.89. The highest BCUT2D eigenvalue weighted by atomic mass is 19.1. The summed E-state index contributed by atoms with van der Waals surface area (Å²) in [5.74, 6) is -0.144. The van der Waals surface area contributed by atoms with E-state index < -0.39 is 0 Å². The zero-order valence-electron chi connectivity index (χ0n) is 12.0. The van der Waals surface area contributed by atoms with E-state index in [0.29, 0.717) is 25.3 Å². The second-order valence-electron chi connectivity index (χ2n) is 4.81. The molecule has 2 rings (SSSR count). The summed E-state index contributed by atoms with van der Waals surface area (Å²) in [6.07, 6.45) is 0.867. The molecular formula is C17H17F2NO2. The molecule has 0 aliphatic carbocycles. The summed E-state index contributed by atoms with van der Waals surface area (Å²) < 4.78 is 30.8. The highest BCUT2D eigenvalue weighted by molar-refractivity contribution is 5.78. The molecule has 1 amide bonds. The van der Waals surface area contributed by atoms with E-state index in [0.717, 1.165) is 5.56 Å². The van der Waals surface area contributed by atoms with Crippen molar-refractivity contribution >= 4 is 5.91 Å². The number of amides is 1. The van der Waals surface area contributed by atoms with Crippen LogP contribution < -0.4 is 10.1 Å². The van der Waals surface area contributed by atoms with Crippen molar-refractivity contribution in [1.29, 1.82) is 0 Å². The molecule has 0 aliphatic rings. The maximum absolute atomic E-state index is 12.7. The SMILES string of the molecule is O=C(Cc1ccc(F)cc1)NCCCOc1ccc(F)cc1. The predicted molar refractivity (Wildman–Crippen MR) is 79.6 cm³/mol. The first-order chi connectivity index (χ1) is 10.6. The molecule has 0 fully saturated rings. The quantitative estimate of drug-likeness (QED) is 0.798. The molecule has 0 saturated carbocycles. The Hall–Kier alpha value is -2.43. The van der Waals surface area contributed by atoms with Crippen LogP contribution in [0.3, 0.4) is 0 Å². The van der Waals surface area contributed by atoms with Crippen LogP contribution in [0, 0.1) is 11.6 Å². The largest absolute Gasteiger partial charge is 0.494 e. The number of carbonyl (C=O) groups is 1. The van der Waals surface area contributed by atoms with E-state index in [4.69, 9.17) is 4.74 Å². The fourth-order valence-corrected chi connectivity index (χ4v) is 1.87. The molecule has 3 nitrogen and oxygen atoms in total. The van der Waals surface area contributed by atoms with Gasteiger partial charge in [-0.2, -0.15) is 0 Å². The molecule has 1 N–H and O–H groups in total. The van der Waals surface area contributed by atoms with Crippen LogP contribution in [0.2, 0.25) is 0 Å². The van der Waals surface area contributed by atoms with Crippen molar-refractivity contribution in [2.45, 2.75) is 12.8 Å². The number of carbonyl (C=O) groups excluding carboxylic acids is 1. The van der Waals surface area contributed by atoms with E-state index in [1.165, 1.54) is 24.3 Å². The molecule has 116 valence electrons. The summed E-state index contributed by atoms with van der Waals surface area (Å²) in [7, 11) is 0. The van der Waals surface area contributed by atoms with Gasteiger partial charge in [0.25, 0.3) is 0 Å². The Bertz CT molecular complexity index is 597. The summed E-state index contributed by atoms with van der Waals surface area (Å²) in [4.78, 5) is 11.7. The highest BCUT2D eigenvalue weighted by Gasteiger charge is 2.03. The molecule has 0 unspecified atom stereocenters. The van der Waals surface area contributed by atoms with Crippen molar-refractivity contribution in [1.82, 2.24) is 5.32 Å². The molecule has 0 aromatic heterocycles. The number of hydrogen-bond donors (Lipinski definition) is 1. The normalized spacial score (nSPS) is 10.3. The van der Waals surface area contributed by atoms with Crippen molar-refractivity contribution in [3.63, 3.8) is 0 Å². The molecule has 5 heteroatoms. The number of halogens is 2. The second kappa shape index (κ2) is 8.12. The minimum atomic E-state index is -0.317. The first-order valence-electron chi connectivity index (χ1n) is 7.03. The number of nitrogens with one attached hydrogen (secondary N) is 1. The van der Waals surface area contributed by atoms with Crippen LogP contribution in [0.1, 0.15) is 12.0 Å². The Morgan fingerprint density at radius 1 is 0.955 bits per heavy atom. The molecular weight excluding hydrogens is 288 g/mol. The Morgan fingerprint density at radius 2 is 1.55 bits per heavy atom. The highest BCUT2D eigenvalue weighted by Crippen LogP contribution is 2.11. The lowest BCUT2D eigenvalue weighted by Gasteiger charge is -2.07. The zero-order chi connectivity index (χ0) is 15.8. The van der Waals surface area contributed by atoms with Gasteiger partial charge >= 0.3 is 0 Å². The lowest BCUT2D eigenvalue weighted by molar-refractivity contribution is -0.120. The monoisotopic (exact) mass is 305 g/mol. The molecule has 0 saturated heterocycles. The maximum Gasteiger partial charge on any atom is 0.224 e. The van der Waals surface area contributed by atoms with Gasteiger partial charge in [0.05, 0.1) is 13.0 Å². The van der Waals surface area contributed by atoms with E-state index in [-0.39, 0.29) is 24.0 Å². The third-order valence-corrected chi connectivity index (χ3v) is 3.00. The van der Waals surface area contributed by atoms with Gasteiger partial charge in [-0.05, 0) is 48.4 Å². The first-order valence-corrected chi connectivity index (χ1v) is 7.03. The van der Waals surface area contributed by atoms with E-state index in [9.17, 15) is 13.6 Å². The van der Waals surface area contributed by atoms with Gasteiger partial charge in [-0.3, -0.25) is 4.79 Å². The molecule has 22 heavy (non-hydrogen) atoms. The maximum atomic E-state index is 12.7. The number of rotatable bonds is 7. The smallest absolute Gasteiger partial charge is 0.224 e. The topological polar surface area (TPSA) is 38.3 Å². The van der Waals surface area contributed by atoms with Crippen molar-refractivity contribution in [3.8, 4) is 5.75 Å². The van der Waals surface area contributed by atoms with Crippen LogP contribution in [-0.2, 0) is 11.2 Å². The van der Waals surface area contributed by atoms with Gasteiger partial charge in [-0.25, -0.2) is 8.78 Å². The fourth-order valence-electron chi connectivity index (χ4n) is 1.87. The molecule has 2 aromatic rings. The van der Waals surface area contributed by atoms with Crippen LogP contribution >= 0.6 is 0 Å². The van der Waals surface area contributed by atoms with Crippen LogP contribution in [0.25, 0.3) is 0 Å². The third-order valence-electron chi connectivity index (χ3n) is 3.00. The minimum absolute atomic E-state index is 0.117. The Morgan fingerprint density at radius 3 is 2.18 bits per heavy atom. The van der Waals surface area contributed by atoms with E-state index in [1.807, 2.05) is 0 Å². The Labute approximate surface area is 127 Å². The minimum Gasteiger partial charge on any atom is -0.494 e.